The highest BCUT2D eigenvalue weighted by Gasteiger charge is 2.23. The normalized spacial score (nSPS) is 18.3. The van der Waals surface area contributed by atoms with Crippen LogP contribution in [-0.4, -0.2) is 21.3 Å². The Bertz CT molecular complexity index is 1120. The molecule has 0 unspecified atom stereocenters. The van der Waals surface area contributed by atoms with Gasteiger partial charge in [-0.15, -0.1) is 11.3 Å². The number of pyridine rings is 1. The van der Waals surface area contributed by atoms with Gasteiger partial charge in [0.05, 0.1) is 10.9 Å². The summed E-state index contributed by atoms with van der Waals surface area (Å²) in [6, 6.07) is 3.79. The van der Waals surface area contributed by atoms with Crippen LogP contribution in [0, 0.1) is 0 Å². The molecule has 6 heteroatoms. The smallest absolute Gasteiger partial charge is 0.266 e. The van der Waals surface area contributed by atoms with Crippen molar-refractivity contribution in [1.29, 1.82) is 0 Å². The monoisotopic (exact) mass is 409 g/mol. The second-order valence-corrected chi connectivity index (χ2v) is 9.52. The van der Waals surface area contributed by atoms with E-state index in [2.05, 4.69) is 5.32 Å². The van der Waals surface area contributed by atoms with Gasteiger partial charge < -0.3 is 5.32 Å². The first-order chi connectivity index (χ1) is 14.2. The standard InChI is InChI=1S/C23H27N3O2S/c27-21(24-15-9-4-2-1-3-5-10-15)17-12-8-14-26-20(17)25-22-19(23(26)28)16-11-6-7-13-18(16)29-22/h8,12,14-15H,1-7,9-11,13H2,(H,24,27). The largest absolute Gasteiger partial charge is 0.349 e. The van der Waals surface area contributed by atoms with E-state index in [1.54, 1.807) is 34.1 Å². The summed E-state index contributed by atoms with van der Waals surface area (Å²) in [5.74, 6) is -0.110. The molecular formula is C23H27N3O2S. The van der Waals surface area contributed by atoms with Gasteiger partial charge in [0.25, 0.3) is 11.5 Å². The van der Waals surface area contributed by atoms with Crippen molar-refractivity contribution in [3.8, 4) is 0 Å². The molecular weight excluding hydrogens is 382 g/mol. The van der Waals surface area contributed by atoms with Crippen molar-refractivity contribution in [2.75, 3.05) is 0 Å². The lowest BCUT2D eigenvalue weighted by Gasteiger charge is -2.21. The number of amides is 1. The van der Waals surface area contributed by atoms with Crippen LogP contribution in [0.2, 0.25) is 0 Å². The molecule has 0 atom stereocenters. The molecule has 5 rings (SSSR count). The van der Waals surface area contributed by atoms with Crippen LogP contribution in [0.5, 0.6) is 0 Å². The molecule has 29 heavy (non-hydrogen) atoms. The number of nitrogens with one attached hydrogen (secondary N) is 1. The molecule has 152 valence electrons. The van der Waals surface area contributed by atoms with Crippen molar-refractivity contribution < 1.29 is 4.79 Å². The van der Waals surface area contributed by atoms with E-state index >= 15 is 0 Å². The van der Waals surface area contributed by atoms with Crippen LogP contribution in [0.15, 0.2) is 23.1 Å². The van der Waals surface area contributed by atoms with Gasteiger partial charge in [0.15, 0.2) is 5.65 Å². The average molecular weight is 410 g/mol. The zero-order chi connectivity index (χ0) is 19.8. The van der Waals surface area contributed by atoms with E-state index < -0.39 is 0 Å². The zero-order valence-corrected chi connectivity index (χ0v) is 17.5. The second-order valence-electron chi connectivity index (χ2n) is 8.44. The van der Waals surface area contributed by atoms with Crippen LogP contribution in [0.1, 0.15) is 78.6 Å². The third kappa shape index (κ3) is 3.48. The number of aromatic nitrogens is 2. The number of hydrogen-bond acceptors (Lipinski definition) is 4. The summed E-state index contributed by atoms with van der Waals surface area (Å²) in [5, 5.41) is 3.98. The molecule has 5 nitrogen and oxygen atoms in total. The molecule has 1 saturated carbocycles. The SMILES string of the molecule is O=C(NC1CCCCCCC1)c1cccn2c(=O)c3c4c(sc3nc12)CCCC4. The maximum absolute atomic E-state index is 13.3. The lowest BCUT2D eigenvalue weighted by Crippen LogP contribution is -2.36. The fourth-order valence-corrected chi connectivity index (χ4v) is 6.14. The molecule has 3 aromatic rings. The fraction of sp³-hybridized carbons (Fsp3) is 0.522. The van der Waals surface area contributed by atoms with Gasteiger partial charge in [-0.3, -0.25) is 14.0 Å². The van der Waals surface area contributed by atoms with Gasteiger partial charge >= 0.3 is 0 Å². The molecule has 0 bridgehead atoms. The van der Waals surface area contributed by atoms with E-state index in [0.29, 0.717) is 11.2 Å². The van der Waals surface area contributed by atoms with E-state index in [1.807, 2.05) is 0 Å². The van der Waals surface area contributed by atoms with Crippen LogP contribution in [-0.2, 0) is 12.8 Å². The minimum absolute atomic E-state index is 0.0370. The Kier molecular flexibility index (Phi) is 5.12. The topological polar surface area (TPSA) is 63.5 Å². The predicted molar refractivity (Wildman–Crippen MR) is 117 cm³/mol. The first-order valence-electron chi connectivity index (χ1n) is 11.0. The molecule has 2 aliphatic rings. The minimum Gasteiger partial charge on any atom is -0.349 e. The quantitative estimate of drug-likeness (QED) is 0.671. The highest BCUT2D eigenvalue weighted by atomic mass is 32.1. The van der Waals surface area contributed by atoms with E-state index in [-0.39, 0.29) is 17.5 Å². The number of thiophene rings is 1. The number of carbonyl (C=O) groups is 1. The second kappa shape index (κ2) is 7.90. The van der Waals surface area contributed by atoms with Crippen LogP contribution in [0.3, 0.4) is 0 Å². The maximum Gasteiger partial charge on any atom is 0.266 e. The van der Waals surface area contributed by atoms with E-state index in [0.717, 1.165) is 42.3 Å². The number of fused-ring (bicyclic) bond motifs is 4. The van der Waals surface area contributed by atoms with Crippen molar-refractivity contribution in [2.45, 2.75) is 76.7 Å². The summed E-state index contributed by atoms with van der Waals surface area (Å²) in [5.41, 5.74) is 2.13. The first-order valence-corrected chi connectivity index (χ1v) is 11.8. The Balaban J connectivity index is 1.55. The van der Waals surface area contributed by atoms with Gasteiger partial charge in [-0.25, -0.2) is 4.98 Å². The van der Waals surface area contributed by atoms with Crippen LogP contribution in [0.25, 0.3) is 15.9 Å². The van der Waals surface area contributed by atoms with Crippen molar-refractivity contribution in [2.24, 2.45) is 0 Å². The summed E-state index contributed by atoms with van der Waals surface area (Å²) < 4.78 is 1.57. The molecule has 0 aliphatic heterocycles. The lowest BCUT2D eigenvalue weighted by molar-refractivity contribution is 0.0931. The van der Waals surface area contributed by atoms with Crippen molar-refractivity contribution in [1.82, 2.24) is 14.7 Å². The van der Waals surface area contributed by atoms with Crippen LogP contribution < -0.4 is 10.9 Å². The Labute approximate surface area is 174 Å². The molecule has 1 amide bonds. The maximum atomic E-state index is 13.3. The molecule has 0 aromatic carbocycles. The van der Waals surface area contributed by atoms with Gasteiger partial charge in [0.1, 0.15) is 4.83 Å². The van der Waals surface area contributed by atoms with E-state index in [9.17, 15) is 9.59 Å². The van der Waals surface area contributed by atoms with Crippen molar-refractivity contribution >= 4 is 33.1 Å². The van der Waals surface area contributed by atoms with Gasteiger partial charge in [0, 0.05) is 17.1 Å². The lowest BCUT2D eigenvalue weighted by atomic mass is 9.96. The summed E-state index contributed by atoms with van der Waals surface area (Å²) in [4.78, 5) is 33.3. The molecule has 1 N–H and O–H groups in total. The molecule has 3 heterocycles. The summed E-state index contributed by atoms with van der Waals surface area (Å²) in [7, 11) is 0. The van der Waals surface area contributed by atoms with Crippen molar-refractivity contribution in [3.63, 3.8) is 0 Å². The molecule has 0 spiro atoms. The summed E-state index contributed by atoms with van der Waals surface area (Å²) in [6.45, 7) is 0. The first kappa shape index (κ1) is 18.8. The van der Waals surface area contributed by atoms with Gasteiger partial charge in [-0.2, -0.15) is 0 Å². The Hall–Kier alpha value is -2.21. The number of carbonyl (C=O) groups excluding carboxylic acids is 1. The van der Waals surface area contributed by atoms with Gasteiger partial charge in [0.2, 0.25) is 0 Å². The zero-order valence-electron chi connectivity index (χ0n) is 16.7. The third-order valence-electron chi connectivity index (χ3n) is 6.44. The number of aryl methyl sites for hydroxylation is 2. The Morgan fingerprint density at radius 2 is 1.83 bits per heavy atom. The summed E-state index contributed by atoms with van der Waals surface area (Å²) >= 11 is 1.63. The number of hydrogen-bond donors (Lipinski definition) is 1. The number of nitrogens with zero attached hydrogens (tertiary/aromatic N) is 2. The molecule has 1 fully saturated rings. The highest BCUT2D eigenvalue weighted by molar-refractivity contribution is 7.18. The van der Waals surface area contributed by atoms with Crippen molar-refractivity contribution in [3.05, 3.63) is 44.7 Å². The number of rotatable bonds is 2. The third-order valence-corrected chi connectivity index (χ3v) is 7.63. The molecule has 0 radical (unpaired) electrons. The Morgan fingerprint density at radius 3 is 2.66 bits per heavy atom. The average Bonchev–Trinajstić information content (AvgIpc) is 3.08. The summed E-state index contributed by atoms with van der Waals surface area (Å²) in [6.07, 6.45) is 14.2. The van der Waals surface area contributed by atoms with Gasteiger partial charge in [-0.1, -0.05) is 32.1 Å². The van der Waals surface area contributed by atoms with E-state index in [4.69, 9.17) is 4.98 Å². The van der Waals surface area contributed by atoms with Gasteiger partial charge in [-0.05, 0) is 56.2 Å². The van der Waals surface area contributed by atoms with Crippen LogP contribution in [0.4, 0.5) is 0 Å². The Morgan fingerprint density at radius 1 is 1.07 bits per heavy atom. The van der Waals surface area contributed by atoms with Crippen LogP contribution >= 0.6 is 11.3 Å². The molecule has 3 aromatic heterocycles. The minimum atomic E-state index is -0.110. The highest BCUT2D eigenvalue weighted by Crippen LogP contribution is 2.34. The van der Waals surface area contributed by atoms with E-state index in [1.165, 1.54) is 49.0 Å². The fourth-order valence-electron chi connectivity index (χ4n) is 4.89. The molecule has 2 aliphatic carbocycles. The molecule has 0 saturated heterocycles. The predicted octanol–water partition coefficient (Wildman–Crippen LogP) is 4.63.